The van der Waals surface area contributed by atoms with Gasteiger partial charge in [0.2, 0.25) is 5.91 Å². The molecule has 0 unspecified atom stereocenters. The molecule has 1 fully saturated rings. The van der Waals surface area contributed by atoms with E-state index in [9.17, 15) is 4.79 Å². The predicted octanol–water partition coefficient (Wildman–Crippen LogP) is 2.92. The molecule has 4 nitrogen and oxygen atoms in total. The maximum Gasteiger partial charge on any atom is 0.246 e. The molecule has 2 aromatic rings. The molecule has 1 saturated heterocycles. The summed E-state index contributed by atoms with van der Waals surface area (Å²) in [5.74, 6) is 0.00658. The number of nitriles is 1. The lowest BCUT2D eigenvalue weighted by Crippen LogP contribution is -2.47. The Kier molecular flexibility index (Phi) is 5.61. The summed E-state index contributed by atoms with van der Waals surface area (Å²) in [4.78, 5) is 16.6. The van der Waals surface area contributed by atoms with Crippen LogP contribution in [0.4, 0.5) is 0 Å². The van der Waals surface area contributed by atoms with Crippen LogP contribution in [0.2, 0.25) is 0 Å². The van der Waals surface area contributed by atoms with Gasteiger partial charge in [-0.05, 0) is 23.3 Å². The Morgan fingerprint density at radius 1 is 1.00 bits per heavy atom. The van der Waals surface area contributed by atoms with Gasteiger partial charge in [0.05, 0.1) is 11.6 Å². The van der Waals surface area contributed by atoms with Gasteiger partial charge in [0.15, 0.2) is 0 Å². The Morgan fingerprint density at radius 3 is 2.40 bits per heavy atom. The van der Waals surface area contributed by atoms with E-state index in [1.165, 1.54) is 5.56 Å². The Labute approximate surface area is 148 Å². The third-order valence-corrected chi connectivity index (χ3v) is 4.42. The van der Waals surface area contributed by atoms with E-state index in [1.54, 1.807) is 18.2 Å². The first-order valence-electron chi connectivity index (χ1n) is 8.48. The molecule has 0 bridgehead atoms. The SMILES string of the molecule is N#Cc1ccccc1C=CC(=O)N1CCN(Cc2ccccc2)CC1. The van der Waals surface area contributed by atoms with Gasteiger partial charge in [0, 0.05) is 38.8 Å². The van der Waals surface area contributed by atoms with Crippen molar-refractivity contribution >= 4 is 12.0 Å². The van der Waals surface area contributed by atoms with Crippen LogP contribution in [0, 0.1) is 11.3 Å². The smallest absolute Gasteiger partial charge is 0.246 e. The van der Waals surface area contributed by atoms with E-state index in [0.29, 0.717) is 5.56 Å². The van der Waals surface area contributed by atoms with Crippen LogP contribution in [-0.2, 0) is 11.3 Å². The predicted molar refractivity (Wildman–Crippen MR) is 98.5 cm³/mol. The van der Waals surface area contributed by atoms with Gasteiger partial charge in [-0.3, -0.25) is 9.69 Å². The molecule has 0 spiro atoms. The molecule has 0 N–H and O–H groups in total. The van der Waals surface area contributed by atoms with Crippen LogP contribution < -0.4 is 0 Å². The number of hydrogen-bond donors (Lipinski definition) is 0. The molecule has 1 heterocycles. The largest absolute Gasteiger partial charge is 0.337 e. The average molecular weight is 331 g/mol. The molecule has 0 radical (unpaired) electrons. The molecule has 0 aliphatic carbocycles. The van der Waals surface area contributed by atoms with E-state index in [4.69, 9.17) is 5.26 Å². The standard InChI is InChI=1S/C21H21N3O/c22-16-20-9-5-4-8-19(20)10-11-21(25)24-14-12-23(13-15-24)17-18-6-2-1-3-7-18/h1-11H,12-15,17H2. The molecule has 1 aliphatic heterocycles. The summed E-state index contributed by atoms with van der Waals surface area (Å²) in [7, 11) is 0. The van der Waals surface area contributed by atoms with E-state index in [1.807, 2.05) is 29.2 Å². The van der Waals surface area contributed by atoms with Gasteiger partial charge in [-0.15, -0.1) is 0 Å². The van der Waals surface area contributed by atoms with Gasteiger partial charge in [-0.25, -0.2) is 0 Å². The zero-order valence-corrected chi connectivity index (χ0v) is 14.1. The topological polar surface area (TPSA) is 47.3 Å². The van der Waals surface area contributed by atoms with Gasteiger partial charge in [0.1, 0.15) is 0 Å². The second kappa shape index (κ2) is 8.27. The quantitative estimate of drug-likeness (QED) is 0.809. The molecule has 4 heteroatoms. The summed E-state index contributed by atoms with van der Waals surface area (Å²) in [5.41, 5.74) is 2.66. The third-order valence-electron chi connectivity index (χ3n) is 4.42. The van der Waals surface area contributed by atoms with E-state index < -0.39 is 0 Å². The van der Waals surface area contributed by atoms with Gasteiger partial charge in [-0.1, -0.05) is 48.5 Å². The molecule has 0 atom stereocenters. The summed E-state index contributed by atoms with van der Waals surface area (Å²) in [5, 5.41) is 9.10. The molecule has 3 rings (SSSR count). The van der Waals surface area contributed by atoms with Crippen molar-refractivity contribution in [1.29, 1.82) is 5.26 Å². The van der Waals surface area contributed by atoms with Crippen molar-refractivity contribution in [3.05, 3.63) is 77.4 Å². The maximum absolute atomic E-state index is 12.4. The molecule has 2 aromatic carbocycles. The molecule has 0 aromatic heterocycles. The number of carbonyl (C=O) groups excluding carboxylic acids is 1. The molecule has 1 amide bonds. The number of carbonyl (C=O) groups is 1. The molecule has 0 saturated carbocycles. The average Bonchev–Trinajstić information content (AvgIpc) is 2.67. The summed E-state index contributed by atoms with van der Waals surface area (Å²) >= 11 is 0. The second-order valence-corrected chi connectivity index (χ2v) is 6.12. The number of amides is 1. The lowest BCUT2D eigenvalue weighted by molar-refractivity contribution is -0.127. The highest BCUT2D eigenvalue weighted by Gasteiger charge is 2.19. The number of nitrogens with zero attached hydrogens (tertiary/aromatic N) is 3. The van der Waals surface area contributed by atoms with Crippen molar-refractivity contribution in [3.63, 3.8) is 0 Å². The van der Waals surface area contributed by atoms with Crippen molar-refractivity contribution in [2.75, 3.05) is 26.2 Å². The lowest BCUT2D eigenvalue weighted by Gasteiger charge is -2.34. The minimum atomic E-state index is 0.00658. The Balaban J connectivity index is 1.53. The van der Waals surface area contributed by atoms with Crippen LogP contribution >= 0.6 is 0 Å². The van der Waals surface area contributed by atoms with E-state index in [-0.39, 0.29) is 5.91 Å². The Bertz CT molecular complexity index is 784. The van der Waals surface area contributed by atoms with Crippen molar-refractivity contribution in [2.45, 2.75) is 6.54 Å². The first-order chi connectivity index (χ1) is 12.3. The third kappa shape index (κ3) is 4.56. The number of benzene rings is 2. The maximum atomic E-state index is 12.4. The minimum absolute atomic E-state index is 0.00658. The van der Waals surface area contributed by atoms with Gasteiger partial charge >= 0.3 is 0 Å². The first kappa shape index (κ1) is 16.9. The van der Waals surface area contributed by atoms with Crippen molar-refractivity contribution < 1.29 is 4.79 Å². The van der Waals surface area contributed by atoms with Crippen molar-refractivity contribution in [1.82, 2.24) is 9.80 Å². The van der Waals surface area contributed by atoms with Gasteiger partial charge in [0.25, 0.3) is 0 Å². The van der Waals surface area contributed by atoms with Crippen LogP contribution in [0.5, 0.6) is 0 Å². The first-order valence-corrected chi connectivity index (χ1v) is 8.48. The summed E-state index contributed by atoms with van der Waals surface area (Å²) in [6, 6.07) is 19.8. The zero-order valence-electron chi connectivity index (χ0n) is 14.1. The van der Waals surface area contributed by atoms with E-state index >= 15 is 0 Å². The highest BCUT2D eigenvalue weighted by atomic mass is 16.2. The summed E-state index contributed by atoms with van der Waals surface area (Å²) in [6.45, 7) is 4.15. The van der Waals surface area contributed by atoms with Gasteiger partial charge < -0.3 is 4.90 Å². The van der Waals surface area contributed by atoms with Gasteiger partial charge in [-0.2, -0.15) is 5.26 Å². The molecule has 126 valence electrons. The second-order valence-electron chi connectivity index (χ2n) is 6.12. The molecular formula is C21H21N3O. The normalized spacial score (nSPS) is 15.2. The fourth-order valence-corrected chi connectivity index (χ4v) is 2.98. The molecule has 25 heavy (non-hydrogen) atoms. The van der Waals surface area contributed by atoms with Crippen molar-refractivity contribution in [2.24, 2.45) is 0 Å². The lowest BCUT2D eigenvalue weighted by atomic mass is 10.1. The number of piperazine rings is 1. The number of hydrogen-bond acceptors (Lipinski definition) is 3. The zero-order chi connectivity index (χ0) is 17.5. The van der Waals surface area contributed by atoms with Crippen molar-refractivity contribution in [3.8, 4) is 6.07 Å². The summed E-state index contributed by atoms with van der Waals surface area (Å²) < 4.78 is 0. The fraction of sp³-hybridized carbons (Fsp3) is 0.238. The number of rotatable bonds is 4. The van der Waals surface area contributed by atoms with Crippen LogP contribution in [0.15, 0.2) is 60.7 Å². The summed E-state index contributed by atoms with van der Waals surface area (Å²) in [6.07, 6.45) is 3.31. The van der Waals surface area contributed by atoms with Crippen LogP contribution in [0.3, 0.4) is 0 Å². The van der Waals surface area contributed by atoms with E-state index in [0.717, 1.165) is 38.3 Å². The van der Waals surface area contributed by atoms with Crippen LogP contribution in [0.1, 0.15) is 16.7 Å². The monoisotopic (exact) mass is 331 g/mol. The molecule has 1 aliphatic rings. The Hall–Kier alpha value is -2.90. The van der Waals surface area contributed by atoms with E-state index in [2.05, 4.69) is 35.2 Å². The highest BCUT2D eigenvalue weighted by molar-refractivity contribution is 5.92. The van der Waals surface area contributed by atoms with Crippen LogP contribution in [-0.4, -0.2) is 41.9 Å². The minimum Gasteiger partial charge on any atom is -0.337 e. The molecular weight excluding hydrogens is 310 g/mol. The fourth-order valence-electron chi connectivity index (χ4n) is 2.98. The highest BCUT2D eigenvalue weighted by Crippen LogP contribution is 2.11. The Morgan fingerprint density at radius 2 is 1.68 bits per heavy atom. The van der Waals surface area contributed by atoms with Crippen LogP contribution in [0.25, 0.3) is 6.08 Å².